The standard InChI is InChI=1S/C19H23ClN2O/c1-14-8-9-17(15(2)10-14)12-22(3)13-19(23)21-11-16-6-4-5-7-18(16)20/h4-10H,11-13H2,1-3H3,(H,21,23). The summed E-state index contributed by atoms with van der Waals surface area (Å²) in [6.07, 6.45) is 0. The molecule has 4 heteroatoms. The molecule has 2 rings (SSSR count). The van der Waals surface area contributed by atoms with E-state index in [1.807, 2.05) is 36.2 Å². The lowest BCUT2D eigenvalue weighted by Gasteiger charge is -2.18. The van der Waals surface area contributed by atoms with Gasteiger partial charge >= 0.3 is 0 Å². The largest absolute Gasteiger partial charge is 0.351 e. The molecule has 0 saturated carbocycles. The van der Waals surface area contributed by atoms with Gasteiger partial charge in [-0.3, -0.25) is 9.69 Å². The second-order valence-corrected chi connectivity index (χ2v) is 6.38. The zero-order valence-electron chi connectivity index (χ0n) is 13.9. The molecule has 122 valence electrons. The van der Waals surface area contributed by atoms with Gasteiger partial charge in [0.2, 0.25) is 5.91 Å². The highest BCUT2D eigenvalue weighted by molar-refractivity contribution is 6.31. The highest BCUT2D eigenvalue weighted by Gasteiger charge is 2.09. The summed E-state index contributed by atoms with van der Waals surface area (Å²) < 4.78 is 0. The van der Waals surface area contributed by atoms with E-state index >= 15 is 0 Å². The van der Waals surface area contributed by atoms with Gasteiger partial charge in [-0.2, -0.15) is 0 Å². The van der Waals surface area contributed by atoms with Gasteiger partial charge in [-0.25, -0.2) is 0 Å². The third-order valence-electron chi connectivity index (χ3n) is 3.79. The second-order valence-electron chi connectivity index (χ2n) is 5.97. The summed E-state index contributed by atoms with van der Waals surface area (Å²) in [5, 5.41) is 3.59. The van der Waals surface area contributed by atoms with Crippen molar-refractivity contribution in [2.45, 2.75) is 26.9 Å². The predicted molar refractivity (Wildman–Crippen MR) is 95.5 cm³/mol. The molecule has 1 N–H and O–H groups in total. The first-order valence-corrected chi connectivity index (χ1v) is 8.08. The Kier molecular flexibility index (Phi) is 6.20. The minimum atomic E-state index is -0.00261. The van der Waals surface area contributed by atoms with Crippen LogP contribution >= 0.6 is 11.6 Å². The molecule has 0 bridgehead atoms. The summed E-state index contributed by atoms with van der Waals surface area (Å²) in [6.45, 7) is 5.76. The van der Waals surface area contributed by atoms with Crippen molar-refractivity contribution in [1.29, 1.82) is 0 Å². The first kappa shape index (κ1) is 17.5. The van der Waals surface area contributed by atoms with Crippen molar-refractivity contribution in [3.8, 4) is 0 Å². The van der Waals surface area contributed by atoms with Gasteiger partial charge in [-0.15, -0.1) is 0 Å². The molecule has 0 unspecified atom stereocenters. The summed E-state index contributed by atoms with van der Waals surface area (Å²) in [5.74, 6) is -0.00261. The minimum Gasteiger partial charge on any atom is -0.351 e. The van der Waals surface area contributed by atoms with Crippen LogP contribution in [0.2, 0.25) is 5.02 Å². The zero-order chi connectivity index (χ0) is 16.8. The van der Waals surface area contributed by atoms with E-state index in [4.69, 9.17) is 11.6 Å². The van der Waals surface area contributed by atoms with Crippen molar-refractivity contribution in [3.63, 3.8) is 0 Å². The van der Waals surface area contributed by atoms with Crippen molar-refractivity contribution >= 4 is 17.5 Å². The van der Waals surface area contributed by atoms with Gasteiger partial charge in [-0.1, -0.05) is 53.6 Å². The van der Waals surface area contributed by atoms with Gasteiger partial charge in [0, 0.05) is 18.1 Å². The fourth-order valence-electron chi connectivity index (χ4n) is 2.51. The third kappa shape index (κ3) is 5.38. The average molecular weight is 331 g/mol. The van der Waals surface area contributed by atoms with Gasteiger partial charge in [0.1, 0.15) is 0 Å². The first-order valence-electron chi connectivity index (χ1n) is 7.70. The Labute approximate surface area is 143 Å². The Morgan fingerprint density at radius 2 is 1.87 bits per heavy atom. The van der Waals surface area contributed by atoms with E-state index in [1.165, 1.54) is 16.7 Å². The smallest absolute Gasteiger partial charge is 0.234 e. The van der Waals surface area contributed by atoms with Gasteiger partial charge in [0.05, 0.1) is 6.54 Å². The number of benzene rings is 2. The van der Waals surface area contributed by atoms with E-state index in [0.29, 0.717) is 18.1 Å². The Morgan fingerprint density at radius 3 is 2.57 bits per heavy atom. The van der Waals surface area contributed by atoms with Crippen molar-refractivity contribution in [3.05, 3.63) is 69.7 Å². The molecule has 0 heterocycles. The van der Waals surface area contributed by atoms with Crippen LogP contribution in [0.15, 0.2) is 42.5 Å². The van der Waals surface area contributed by atoms with Crippen LogP contribution in [0.25, 0.3) is 0 Å². The summed E-state index contributed by atoms with van der Waals surface area (Å²) in [7, 11) is 1.95. The van der Waals surface area contributed by atoms with Gasteiger partial charge < -0.3 is 5.32 Å². The normalized spacial score (nSPS) is 10.8. The molecule has 1 amide bonds. The van der Waals surface area contributed by atoms with Crippen LogP contribution < -0.4 is 5.32 Å². The molecule has 0 spiro atoms. The maximum Gasteiger partial charge on any atom is 0.234 e. The molecule has 2 aromatic rings. The SMILES string of the molecule is Cc1ccc(CN(C)CC(=O)NCc2ccccc2Cl)c(C)c1. The lowest BCUT2D eigenvalue weighted by molar-refractivity contribution is -0.122. The van der Waals surface area contributed by atoms with E-state index in [1.54, 1.807) is 0 Å². The Bertz CT molecular complexity index is 685. The number of carbonyl (C=O) groups is 1. The number of rotatable bonds is 6. The van der Waals surface area contributed by atoms with Gasteiger partial charge in [0.25, 0.3) is 0 Å². The number of hydrogen-bond acceptors (Lipinski definition) is 2. The highest BCUT2D eigenvalue weighted by atomic mass is 35.5. The van der Waals surface area contributed by atoms with Crippen LogP contribution in [0.4, 0.5) is 0 Å². The number of nitrogens with one attached hydrogen (secondary N) is 1. The third-order valence-corrected chi connectivity index (χ3v) is 4.15. The van der Waals surface area contributed by atoms with Crippen LogP contribution in [0.3, 0.4) is 0 Å². The summed E-state index contributed by atoms with van der Waals surface area (Å²) >= 11 is 6.09. The quantitative estimate of drug-likeness (QED) is 0.875. The number of nitrogens with zero attached hydrogens (tertiary/aromatic N) is 1. The first-order chi connectivity index (χ1) is 11.0. The number of carbonyl (C=O) groups excluding carboxylic acids is 1. The average Bonchev–Trinajstić information content (AvgIpc) is 2.49. The van der Waals surface area contributed by atoms with Crippen LogP contribution in [-0.4, -0.2) is 24.4 Å². The molecule has 0 aliphatic heterocycles. The van der Waals surface area contributed by atoms with Crippen LogP contribution in [-0.2, 0) is 17.9 Å². The summed E-state index contributed by atoms with van der Waals surface area (Å²) in [5.41, 5.74) is 4.69. The Hall–Kier alpha value is -1.84. The van der Waals surface area contributed by atoms with E-state index < -0.39 is 0 Å². The molecule has 23 heavy (non-hydrogen) atoms. The number of hydrogen-bond donors (Lipinski definition) is 1. The lowest BCUT2D eigenvalue weighted by atomic mass is 10.1. The predicted octanol–water partition coefficient (Wildman–Crippen LogP) is 3.71. The molecule has 2 aromatic carbocycles. The fraction of sp³-hybridized carbons (Fsp3) is 0.316. The Morgan fingerprint density at radius 1 is 1.13 bits per heavy atom. The summed E-state index contributed by atoms with van der Waals surface area (Å²) in [6, 6.07) is 13.9. The van der Waals surface area contributed by atoms with Crippen LogP contribution in [0.5, 0.6) is 0 Å². The molecule has 0 aliphatic carbocycles. The Balaban J connectivity index is 1.84. The van der Waals surface area contributed by atoms with E-state index in [0.717, 1.165) is 12.1 Å². The van der Waals surface area contributed by atoms with Crippen molar-refractivity contribution in [2.75, 3.05) is 13.6 Å². The number of aryl methyl sites for hydroxylation is 2. The number of likely N-dealkylation sites (N-methyl/N-ethyl adjacent to an activating group) is 1. The minimum absolute atomic E-state index is 0.00261. The highest BCUT2D eigenvalue weighted by Crippen LogP contribution is 2.14. The molecule has 0 saturated heterocycles. The molecule has 3 nitrogen and oxygen atoms in total. The van der Waals surface area contributed by atoms with Crippen molar-refractivity contribution in [1.82, 2.24) is 10.2 Å². The number of halogens is 1. The van der Waals surface area contributed by atoms with E-state index in [2.05, 4.69) is 37.4 Å². The molecule has 0 radical (unpaired) electrons. The lowest BCUT2D eigenvalue weighted by Crippen LogP contribution is -2.34. The maximum atomic E-state index is 12.1. The molecular weight excluding hydrogens is 308 g/mol. The zero-order valence-corrected chi connectivity index (χ0v) is 14.7. The van der Waals surface area contributed by atoms with Crippen molar-refractivity contribution in [2.24, 2.45) is 0 Å². The fourth-order valence-corrected chi connectivity index (χ4v) is 2.71. The van der Waals surface area contributed by atoms with Crippen molar-refractivity contribution < 1.29 is 4.79 Å². The molecule has 0 fully saturated rings. The van der Waals surface area contributed by atoms with Crippen LogP contribution in [0.1, 0.15) is 22.3 Å². The topological polar surface area (TPSA) is 32.3 Å². The summed E-state index contributed by atoms with van der Waals surface area (Å²) in [4.78, 5) is 14.1. The molecule has 0 atom stereocenters. The second kappa shape index (κ2) is 8.14. The molecule has 0 aliphatic rings. The van der Waals surface area contributed by atoms with Crippen LogP contribution in [0, 0.1) is 13.8 Å². The monoisotopic (exact) mass is 330 g/mol. The van der Waals surface area contributed by atoms with Gasteiger partial charge in [0.15, 0.2) is 0 Å². The van der Waals surface area contributed by atoms with Gasteiger partial charge in [-0.05, 0) is 43.7 Å². The molecule has 0 aromatic heterocycles. The van der Waals surface area contributed by atoms with E-state index in [-0.39, 0.29) is 5.91 Å². The van der Waals surface area contributed by atoms with E-state index in [9.17, 15) is 4.79 Å². The number of amides is 1. The maximum absolute atomic E-state index is 12.1. The molecular formula is C19H23ClN2O.